The van der Waals surface area contributed by atoms with Crippen molar-refractivity contribution in [3.05, 3.63) is 108 Å². The molecule has 1 heterocycles. The van der Waals surface area contributed by atoms with Crippen LogP contribution in [-0.2, 0) is 13.2 Å². The van der Waals surface area contributed by atoms with Crippen LogP contribution in [0.2, 0.25) is 0 Å². The number of halogens is 1. The van der Waals surface area contributed by atoms with Crippen molar-refractivity contribution < 1.29 is 4.74 Å². The molecule has 0 saturated heterocycles. The van der Waals surface area contributed by atoms with Gasteiger partial charge in [-0.3, -0.25) is 0 Å². The summed E-state index contributed by atoms with van der Waals surface area (Å²) in [6.07, 6.45) is 5.43. The molecule has 0 spiro atoms. The highest BCUT2D eigenvalue weighted by Gasteiger charge is 2.08. The maximum Gasteiger partial charge on any atom is 0.126 e. The molecule has 0 N–H and O–H groups in total. The van der Waals surface area contributed by atoms with E-state index in [9.17, 15) is 5.26 Å². The van der Waals surface area contributed by atoms with Crippen molar-refractivity contribution in [2.24, 2.45) is 0 Å². The highest BCUT2D eigenvalue weighted by molar-refractivity contribution is 5.85. The molecule has 29 heavy (non-hydrogen) atoms. The number of hydrogen-bond acceptors (Lipinski definition) is 3. The van der Waals surface area contributed by atoms with Crippen LogP contribution >= 0.6 is 12.4 Å². The Labute approximate surface area is 176 Å². The van der Waals surface area contributed by atoms with Crippen molar-refractivity contribution in [2.75, 3.05) is 0 Å². The summed E-state index contributed by atoms with van der Waals surface area (Å²) in [6.45, 7) is 1.08. The van der Waals surface area contributed by atoms with E-state index in [4.69, 9.17) is 4.74 Å². The smallest absolute Gasteiger partial charge is 0.126 e. The van der Waals surface area contributed by atoms with Crippen LogP contribution in [0.3, 0.4) is 0 Å². The first kappa shape index (κ1) is 20.2. The Balaban J connectivity index is 0.00000240. The van der Waals surface area contributed by atoms with Gasteiger partial charge in [-0.2, -0.15) is 5.26 Å². The number of ether oxygens (including phenoxy) is 1. The largest absolute Gasteiger partial charge is 0.489 e. The van der Waals surface area contributed by atoms with Gasteiger partial charge in [0, 0.05) is 18.0 Å². The predicted octanol–water partition coefficient (Wildman–Crippen LogP) is 5.47. The lowest BCUT2D eigenvalue weighted by atomic mass is 10.0. The van der Waals surface area contributed by atoms with E-state index in [2.05, 4.69) is 41.4 Å². The van der Waals surface area contributed by atoms with Crippen LogP contribution < -0.4 is 4.74 Å². The SMILES string of the molecule is Cl.N#Cc1ccc(Cn2ccnc2)c(OCc2cccc(-c3ccccc3)c2)c1. The molecule has 4 nitrogen and oxygen atoms in total. The van der Waals surface area contributed by atoms with Crippen molar-refractivity contribution in [1.82, 2.24) is 9.55 Å². The van der Waals surface area contributed by atoms with Gasteiger partial charge in [0.15, 0.2) is 0 Å². The van der Waals surface area contributed by atoms with Crippen LogP contribution in [0, 0.1) is 11.3 Å². The summed E-state index contributed by atoms with van der Waals surface area (Å²) >= 11 is 0. The quantitative estimate of drug-likeness (QED) is 0.430. The maximum absolute atomic E-state index is 9.24. The van der Waals surface area contributed by atoms with E-state index in [-0.39, 0.29) is 12.4 Å². The lowest BCUT2D eigenvalue weighted by Crippen LogP contribution is -2.03. The first-order valence-corrected chi connectivity index (χ1v) is 9.08. The van der Waals surface area contributed by atoms with Crippen molar-refractivity contribution in [2.45, 2.75) is 13.2 Å². The van der Waals surface area contributed by atoms with Crippen LogP contribution in [0.1, 0.15) is 16.7 Å². The number of nitriles is 1. The van der Waals surface area contributed by atoms with Gasteiger partial charge in [-0.25, -0.2) is 4.98 Å². The minimum absolute atomic E-state index is 0. The summed E-state index contributed by atoms with van der Waals surface area (Å²) in [5.41, 5.74) is 5.01. The number of rotatable bonds is 6. The van der Waals surface area contributed by atoms with Gasteiger partial charge in [0.1, 0.15) is 12.4 Å². The molecule has 0 radical (unpaired) electrons. The van der Waals surface area contributed by atoms with Gasteiger partial charge in [-0.1, -0.05) is 54.6 Å². The first-order valence-electron chi connectivity index (χ1n) is 9.08. The zero-order valence-electron chi connectivity index (χ0n) is 15.7. The summed E-state index contributed by atoms with van der Waals surface area (Å²) in [5.74, 6) is 0.720. The van der Waals surface area contributed by atoms with E-state index >= 15 is 0 Å². The van der Waals surface area contributed by atoms with Gasteiger partial charge in [-0.15, -0.1) is 12.4 Å². The Hall–Kier alpha value is -3.55. The molecular formula is C24H20ClN3O. The zero-order chi connectivity index (χ0) is 19.2. The van der Waals surface area contributed by atoms with Crippen LogP contribution in [0.15, 0.2) is 91.5 Å². The van der Waals surface area contributed by atoms with Crippen LogP contribution in [0.5, 0.6) is 5.75 Å². The van der Waals surface area contributed by atoms with Gasteiger partial charge in [0.2, 0.25) is 0 Å². The van der Waals surface area contributed by atoms with Gasteiger partial charge >= 0.3 is 0 Å². The van der Waals surface area contributed by atoms with E-state index in [1.807, 2.05) is 47.2 Å². The van der Waals surface area contributed by atoms with Crippen LogP contribution in [0.4, 0.5) is 0 Å². The fraction of sp³-hybridized carbons (Fsp3) is 0.0833. The van der Waals surface area contributed by atoms with Crippen molar-refractivity contribution in [3.8, 4) is 22.9 Å². The first-order chi connectivity index (χ1) is 13.8. The average Bonchev–Trinajstić information content (AvgIpc) is 3.27. The molecule has 3 aromatic carbocycles. The summed E-state index contributed by atoms with van der Waals surface area (Å²) in [5, 5.41) is 9.24. The second-order valence-electron chi connectivity index (χ2n) is 6.52. The van der Waals surface area contributed by atoms with Crippen molar-refractivity contribution in [1.29, 1.82) is 5.26 Å². The fourth-order valence-electron chi connectivity index (χ4n) is 3.10. The van der Waals surface area contributed by atoms with Gasteiger partial charge < -0.3 is 9.30 Å². The molecule has 0 aliphatic heterocycles. The molecular weight excluding hydrogens is 382 g/mol. The molecule has 1 aromatic heterocycles. The Morgan fingerprint density at radius 3 is 2.52 bits per heavy atom. The molecule has 0 saturated carbocycles. The molecule has 144 valence electrons. The van der Waals surface area contributed by atoms with E-state index in [0.29, 0.717) is 18.7 Å². The second kappa shape index (κ2) is 9.59. The highest BCUT2D eigenvalue weighted by atomic mass is 35.5. The minimum atomic E-state index is 0. The summed E-state index contributed by atoms with van der Waals surface area (Å²) in [7, 11) is 0. The predicted molar refractivity (Wildman–Crippen MR) is 116 cm³/mol. The standard InChI is InChI=1S/C24H19N3O.ClH/c25-15-19-9-10-23(16-27-12-11-26-18-27)24(14-19)28-17-20-5-4-8-22(13-20)21-6-2-1-3-7-21;/h1-14,18H,16-17H2;1H. The number of nitrogens with zero attached hydrogens (tertiary/aromatic N) is 3. The van der Waals surface area contributed by atoms with Crippen molar-refractivity contribution >= 4 is 12.4 Å². The summed E-state index contributed by atoms with van der Waals surface area (Å²) in [4.78, 5) is 4.08. The summed E-state index contributed by atoms with van der Waals surface area (Å²) < 4.78 is 8.10. The van der Waals surface area contributed by atoms with Crippen molar-refractivity contribution in [3.63, 3.8) is 0 Å². The Morgan fingerprint density at radius 1 is 0.931 bits per heavy atom. The van der Waals surface area contributed by atoms with Crippen LogP contribution in [0.25, 0.3) is 11.1 Å². The zero-order valence-corrected chi connectivity index (χ0v) is 16.5. The third kappa shape index (κ3) is 5.04. The molecule has 4 aromatic rings. The van der Waals surface area contributed by atoms with Crippen LogP contribution in [-0.4, -0.2) is 9.55 Å². The van der Waals surface area contributed by atoms with E-state index in [1.54, 1.807) is 18.6 Å². The third-order valence-corrected chi connectivity index (χ3v) is 4.54. The molecule has 0 aliphatic carbocycles. The normalized spacial score (nSPS) is 10.0. The molecule has 0 bridgehead atoms. The lowest BCUT2D eigenvalue weighted by Gasteiger charge is -2.13. The van der Waals surface area contributed by atoms with E-state index < -0.39 is 0 Å². The monoisotopic (exact) mass is 401 g/mol. The summed E-state index contributed by atoms with van der Waals surface area (Å²) in [6, 6.07) is 26.3. The lowest BCUT2D eigenvalue weighted by molar-refractivity contribution is 0.302. The molecule has 5 heteroatoms. The molecule has 0 fully saturated rings. The van der Waals surface area contributed by atoms with Gasteiger partial charge in [0.25, 0.3) is 0 Å². The fourth-order valence-corrected chi connectivity index (χ4v) is 3.10. The Bertz CT molecular complexity index is 1100. The number of hydrogen-bond donors (Lipinski definition) is 0. The average molecular weight is 402 g/mol. The number of benzene rings is 3. The van der Waals surface area contributed by atoms with Gasteiger partial charge in [-0.05, 0) is 34.9 Å². The molecule has 0 aliphatic rings. The Morgan fingerprint density at radius 2 is 1.76 bits per heavy atom. The topological polar surface area (TPSA) is 50.8 Å². The Kier molecular flexibility index (Phi) is 6.67. The minimum Gasteiger partial charge on any atom is -0.489 e. The number of aromatic nitrogens is 2. The van der Waals surface area contributed by atoms with E-state index in [1.165, 1.54) is 5.56 Å². The highest BCUT2D eigenvalue weighted by Crippen LogP contribution is 2.24. The molecule has 0 unspecified atom stereocenters. The third-order valence-electron chi connectivity index (χ3n) is 4.54. The second-order valence-corrected chi connectivity index (χ2v) is 6.52. The molecule has 4 rings (SSSR count). The number of imidazole rings is 1. The molecule has 0 amide bonds. The van der Waals surface area contributed by atoms with E-state index in [0.717, 1.165) is 22.4 Å². The van der Waals surface area contributed by atoms with Gasteiger partial charge in [0.05, 0.1) is 24.5 Å². The maximum atomic E-state index is 9.24. The molecule has 0 atom stereocenters.